The van der Waals surface area contributed by atoms with Gasteiger partial charge in [-0.2, -0.15) is 0 Å². The Morgan fingerprint density at radius 2 is 2.04 bits per heavy atom. The SMILES string of the molecule is O=C(COc1ccccc1)OCc1cc([N+](=O)[O-])cc2c1OCOC2. The molecule has 0 fully saturated rings. The number of hydrogen-bond acceptors (Lipinski definition) is 7. The number of fused-ring (bicyclic) bond motifs is 1. The van der Waals surface area contributed by atoms with Crippen LogP contribution < -0.4 is 9.47 Å². The van der Waals surface area contributed by atoms with E-state index in [9.17, 15) is 14.9 Å². The molecule has 0 amide bonds. The standard InChI is InChI=1S/C17H15NO7/c19-16(10-23-15-4-2-1-3-5-15)24-9-13-7-14(18(20)21)6-12-8-22-11-25-17(12)13/h1-7H,8-11H2. The van der Waals surface area contributed by atoms with Gasteiger partial charge < -0.3 is 18.9 Å². The first-order chi connectivity index (χ1) is 12.1. The van der Waals surface area contributed by atoms with Crippen LogP contribution in [0.3, 0.4) is 0 Å². The topological polar surface area (TPSA) is 97.1 Å². The van der Waals surface area contributed by atoms with Crippen LogP contribution in [0.25, 0.3) is 0 Å². The second-order valence-electron chi connectivity index (χ2n) is 5.22. The molecule has 0 bridgehead atoms. The first kappa shape index (κ1) is 16.7. The number of carbonyl (C=O) groups is 1. The van der Waals surface area contributed by atoms with Crippen molar-refractivity contribution >= 4 is 11.7 Å². The minimum absolute atomic E-state index is 0.0445. The highest BCUT2D eigenvalue weighted by Gasteiger charge is 2.21. The summed E-state index contributed by atoms with van der Waals surface area (Å²) in [7, 11) is 0. The summed E-state index contributed by atoms with van der Waals surface area (Å²) in [5, 5.41) is 11.0. The van der Waals surface area contributed by atoms with Crippen LogP contribution in [0.15, 0.2) is 42.5 Å². The molecular formula is C17H15NO7. The van der Waals surface area contributed by atoms with Crippen molar-refractivity contribution in [2.24, 2.45) is 0 Å². The van der Waals surface area contributed by atoms with Crippen LogP contribution in [0.4, 0.5) is 5.69 Å². The van der Waals surface area contributed by atoms with Crippen LogP contribution in [0.5, 0.6) is 11.5 Å². The lowest BCUT2D eigenvalue weighted by atomic mass is 10.1. The van der Waals surface area contributed by atoms with Crippen LogP contribution in [-0.4, -0.2) is 24.3 Å². The Bertz CT molecular complexity index is 776. The summed E-state index contributed by atoms with van der Waals surface area (Å²) in [6.07, 6.45) is 0. The minimum Gasteiger partial charge on any atom is -0.482 e. The fourth-order valence-electron chi connectivity index (χ4n) is 2.35. The molecule has 0 atom stereocenters. The van der Waals surface area contributed by atoms with Crippen molar-refractivity contribution in [2.75, 3.05) is 13.4 Å². The third-order valence-corrected chi connectivity index (χ3v) is 3.47. The van der Waals surface area contributed by atoms with Crippen molar-refractivity contribution in [2.45, 2.75) is 13.2 Å². The van der Waals surface area contributed by atoms with E-state index in [-0.39, 0.29) is 32.3 Å². The molecule has 1 aliphatic heterocycles. The molecule has 0 aliphatic carbocycles. The predicted octanol–water partition coefficient (Wildman–Crippen LogP) is 2.58. The highest BCUT2D eigenvalue weighted by Crippen LogP contribution is 2.33. The van der Waals surface area contributed by atoms with Crippen molar-refractivity contribution in [1.82, 2.24) is 0 Å². The molecule has 0 unspecified atom stereocenters. The van der Waals surface area contributed by atoms with Gasteiger partial charge in [-0.05, 0) is 12.1 Å². The van der Waals surface area contributed by atoms with Crippen molar-refractivity contribution in [1.29, 1.82) is 0 Å². The number of non-ortho nitro benzene ring substituents is 1. The molecule has 130 valence electrons. The Kier molecular flexibility index (Phi) is 5.10. The zero-order valence-electron chi connectivity index (χ0n) is 13.2. The average Bonchev–Trinajstić information content (AvgIpc) is 2.65. The van der Waals surface area contributed by atoms with Gasteiger partial charge >= 0.3 is 5.97 Å². The van der Waals surface area contributed by atoms with Crippen molar-refractivity contribution in [3.05, 3.63) is 63.7 Å². The third kappa shape index (κ3) is 4.24. The van der Waals surface area contributed by atoms with E-state index in [1.165, 1.54) is 12.1 Å². The molecular weight excluding hydrogens is 330 g/mol. The fraction of sp³-hybridized carbons (Fsp3) is 0.235. The normalized spacial score (nSPS) is 12.6. The maximum Gasteiger partial charge on any atom is 0.344 e. The van der Waals surface area contributed by atoms with E-state index in [1.54, 1.807) is 24.3 Å². The van der Waals surface area contributed by atoms with Gasteiger partial charge in [0.15, 0.2) is 13.4 Å². The number of nitro groups is 1. The fourth-order valence-corrected chi connectivity index (χ4v) is 2.35. The number of rotatable bonds is 6. The van der Waals surface area contributed by atoms with Gasteiger partial charge in [0.05, 0.1) is 11.5 Å². The Balaban J connectivity index is 1.64. The summed E-state index contributed by atoms with van der Waals surface area (Å²) in [5.41, 5.74) is 0.854. The quantitative estimate of drug-likeness (QED) is 0.451. The number of hydrogen-bond donors (Lipinski definition) is 0. The Labute approximate surface area is 143 Å². The lowest BCUT2D eigenvalue weighted by Gasteiger charge is -2.20. The molecule has 0 aromatic heterocycles. The summed E-state index contributed by atoms with van der Waals surface area (Å²) < 4.78 is 20.9. The van der Waals surface area contributed by atoms with E-state index in [1.807, 2.05) is 6.07 Å². The van der Waals surface area contributed by atoms with Crippen LogP contribution in [0.2, 0.25) is 0 Å². The van der Waals surface area contributed by atoms with Crippen molar-refractivity contribution < 1.29 is 28.7 Å². The number of benzene rings is 2. The molecule has 2 aromatic carbocycles. The van der Waals surface area contributed by atoms with Gasteiger partial charge in [-0.1, -0.05) is 18.2 Å². The lowest BCUT2D eigenvalue weighted by molar-refractivity contribution is -0.385. The minimum atomic E-state index is -0.587. The van der Waals surface area contributed by atoms with E-state index in [0.717, 1.165) is 0 Å². The number of esters is 1. The van der Waals surface area contributed by atoms with Crippen LogP contribution in [0.1, 0.15) is 11.1 Å². The Hall–Kier alpha value is -3.13. The van der Waals surface area contributed by atoms with Gasteiger partial charge in [-0.3, -0.25) is 10.1 Å². The zero-order valence-corrected chi connectivity index (χ0v) is 13.2. The van der Waals surface area contributed by atoms with Gasteiger partial charge in [0.25, 0.3) is 5.69 Å². The van der Waals surface area contributed by atoms with E-state index in [0.29, 0.717) is 22.6 Å². The second-order valence-corrected chi connectivity index (χ2v) is 5.22. The highest BCUT2D eigenvalue weighted by molar-refractivity contribution is 5.71. The van der Waals surface area contributed by atoms with Crippen LogP contribution in [0, 0.1) is 10.1 Å². The molecule has 3 rings (SSSR count). The molecule has 1 heterocycles. The largest absolute Gasteiger partial charge is 0.482 e. The van der Waals surface area contributed by atoms with E-state index in [2.05, 4.69) is 0 Å². The molecule has 8 heteroatoms. The number of ether oxygens (including phenoxy) is 4. The van der Waals surface area contributed by atoms with Crippen molar-refractivity contribution in [3.8, 4) is 11.5 Å². The maximum absolute atomic E-state index is 11.8. The molecule has 0 saturated heterocycles. The van der Waals surface area contributed by atoms with Crippen molar-refractivity contribution in [3.63, 3.8) is 0 Å². The molecule has 0 radical (unpaired) electrons. The number of carbonyl (C=O) groups excluding carboxylic acids is 1. The molecule has 8 nitrogen and oxygen atoms in total. The zero-order chi connectivity index (χ0) is 17.6. The van der Waals surface area contributed by atoms with Gasteiger partial charge in [-0.25, -0.2) is 4.79 Å². The van der Waals surface area contributed by atoms with Gasteiger partial charge in [-0.15, -0.1) is 0 Å². The predicted molar refractivity (Wildman–Crippen MR) is 85.1 cm³/mol. The molecule has 0 spiro atoms. The van der Waals surface area contributed by atoms with E-state index in [4.69, 9.17) is 18.9 Å². The Morgan fingerprint density at radius 1 is 1.24 bits per heavy atom. The van der Waals surface area contributed by atoms with E-state index >= 15 is 0 Å². The highest BCUT2D eigenvalue weighted by atomic mass is 16.7. The first-order valence-electron chi connectivity index (χ1n) is 7.47. The molecule has 25 heavy (non-hydrogen) atoms. The monoisotopic (exact) mass is 345 g/mol. The molecule has 2 aromatic rings. The van der Waals surface area contributed by atoms with Crippen LogP contribution >= 0.6 is 0 Å². The summed E-state index contributed by atoms with van der Waals surface area (Å²) in [5.74, 6) is 0.414. The third-order valence-electron chi connectivity index (χ3n) is 3.47. The average molecular weight is 345 g/mol. The number of nitro benzene ring substituents is 1. The molecule has 0 N–H and O–H groups in total. The summed E-state index contributed by atoms with van der Waals surface area (Å²) >= 11 is 0. The van der Waals surface area contributed by atoms with Gasteiger partial charge in [0, 0.05) is 23.3 Å². The summed E-state index contributed by atoms with van der Waals surface area (Å²) in [6, 6.07) is 11.6. The Morgan fingerprint density at radius 3 is 2.80 bits per heavy atom. The molecule has 1 aliphatic rings. The van der Waals surface area contributed by atoms with Crippen LogP contribution in [-0.2, 0) is 27.5 Å². The number of nitrogens with zero attached hydrogens (tertiary/aromatic N) is 1. The second kappa shape index (κ2) is 7.63. The molecule has 0 saturated carbocycles. The maximum atomic E-state index is 11.8. The van der Waals surface area contributed by atoms with Gasteiger partial charge in [0.1, 0.15) is 18.1 Å². The smallest absolute Gasteiger partial charge is 0.344 e. The lowest BCUT2D eigenvalue weighted by Crippen LogP contribution is -2.17. The summed E-state index contributed by atoms with van der Waals surface area (Å²) in [6.45, 7) is -0.163. The number of para-hydroxylation sites is 1. The first-order valence-corrected chi connectivity index (χ1v) is 7.47. The van der Waals surface area contributed by atoms with E-state index < -0.39 is 10.9 Å². The summed E-state index contributed by atoms with van der Waals surface area (Å²) in [4.78, 5) is 22.3. The van der Waals surface area contributed by atoms with Gasteiger partial charge in [0.2, 0.25) is 0 Å².